The molecule has 0 bridgehead atoms. The minimum absolute atomic E-state index is 0.539. The molecule has 0 atom stereocenters. The van der Waals surface area contributed by atoms with Crippen LogP contribution in [0.25, 0.3) is 105 Å². The average Bonchev–Trinajstić information content (AvgIpc) is 3.63. The molecular formula is C42H23N3O. The van der Waals surface area contributed by atoms with Gasteiger partial charge in [0.25, 0.3) is 0 Å². The maximum absolute atomic E-state index is 6.39. The molecule has 1 aliphatic carbocycles. The van der Waals surface area contributed by atoms with Crippen molar-refractivity contribution in [3.63, 3.8) is 0 Å². The summed E-state index contributed by atoms with van der Waals surface area (Å²) in [4.78, 5) is 10.2. The van der Waals surface area contributed by atoms with Gasteiger partial charge >= 0.3 is 0 Å². The van der Waals surface area contributed by atoms with Gasteiger partial charge in [-0.15, -0.1) is 0 Å². The molecule has 4 heteroatoms. The quantitative estimate of drug-likeness (QED) is 0.203. The van der Waals surface area contributed by atoms with Crippen LogP contribution in [0.5, 0.6) is 0 Å². The summed E-state index contributed by atoms with van der Waals surface area (Å²) in [6.07, 6.45) is 1.90. The molecule has 10 aromatic rings. The molecule has 11 rings (SSSR count). The summed E-state index contributed by atoms with van der Waals surface area (Å²) in [5.41, 5.74) is 11.6. The SMILES string of the molecule is c1ccc(-c2cc3c4c5c(cccc5n(-c5cnc6c(n5)oc5ccc7ccccc7c56)c4c2)-c2cccc4cccc-3c24)cc1. The highest BCUT2D eigenvalue weighted by atomic mass is 16.3. The van der Waals surface area contributed by atoms with Crippen molar-refractivity contribution in [2.45, 2.75) is 0 Å². The van der Waals surface area contributed by atoms with E-state index in [4.69, 9.17) is 14.4 Å². The Kier molecular flexibility index (Phi) is 4.55. The number of rotatable bonds is 2. The molecule has 0 fully saturated rings. The van der Waals surface area contributed by atoms with Gasteiger partial charge in [0.2, 0.25) is 5.71 Å². The van der Waals surface area contributed by atoms with E-state index in [0.29, 0.717) is 5.71 Å². The number of fused-ring (bicyclic) bond motifs is 7. The predicted octanol–water partition coefficient (Wildman–Crippen LogP) is 11.1. The number of aromatic nitrogens is 3. The Morgan fingerprint density at radius 3 is 2.09 bits per heavy atom. The maximum Gasteiger partial charge on any atom is 0.248 e. The second-order valence-electron chi connectivity index (χ2n) is 12.2. The Balaban J connectivity index is 1.30. The molecule has 0 radical (unpaired) electrons. The van der Waals surface area contributed by atoms with Crippen molar-refractivity contribution >= 4 is 65.6 Å². The Morgan fingerprint density at radius 2 is 1.22 bits per heavy atom. The first-order valence-electron chi connectivity index (χ1n) is 15.6. The monoisotopic (exact) mass is 585 g/mol. The highest BCUT2D eigenvalue weighted by Crippen LogP contribution is 2.50. The van der Waals surface area contributed by atoms with Gasteiger partial charge in [-0.2, -0.15) is 4.98 Å². The van der Waals surface area contributed by atoms with E-state index >= 15 is 0 Å². The van der Waals surface area contributed by atoms with E-state index in [-0.39, 0.29) is 0 Å². The molecule has 46 heavy (non-hydrogen) atoms. The first-order valence-corrected chi connectivity index (χ1v) is 15.6. The number of hydrogen-bond acceptors (Lipinski definition) is 3. The summed E-state index contributed by atoms with van der Waals surface area (Å²) in [6, 6.07) is 47.8. The summed E-state index contributed by atoms with van der Waals surface area (Å²) in [5, 5.41) is 8.28. The zero-order valence-corrected chi connectivity index (χ0v) is 24.5. The number of nitrogens with zero attached hydrogens (tertiary/aromatic N) is 3. The van der Waals surface area contributed by atoms with Crippen molar-refractivity contribution in [2.24, 2.45) is 0 Å². The molecule has 1 aliphatic rings. The third-order valence-corrected chi connectivity index (χ3v) is 9.78. The summed E-state index contributed by atoms with van der Waals surface area (Å²) >= 11 is 0. The van der Waals surface area contributed by atoms with Crippen molar-refractivity contribution in [1.82, 2.24) is 14.5 Å². The second kappa shape index (κ2) is 8.68. The van der Waals surface area contributed by atoms with Crippen molar-refractivity contribution in [2.75, 3.05) is 0 Å². The van der Waals surface area contributed by atoms with Crippen LogP contribution in [0.15, 0.2) is 144 Å². The van der Waals surface area contributed by atoms with Gasteiger partial charge in [-0.05, 0) is 79.2 Å². The number of furan rings is 1. The Morgan fingerprint density at radius 1 is 0.500 bits per heavy atom. The average molecular weight is 586 g/mol. The van der Waals surface area contributed by atoms with Crippen LogP contribution < -0.4 is 0 Å². The van der Waals surface area contributed by atoms with Crippen LogP contribution in [0, 0.1) is 0 Å². The molecule has 7 aromatic carbocycles. The van der Waals surface area contributed by atoms with Crippen LogP contribution in [-0.4, -0.2) is 14.5 Å². The lowest BCUT2D eigenvalue weighted by molar-refractivity contribution is 0.652. The molecule has 0 spiro atoms. The van der Waals surface area contributed by atoms with Gasteiger partial charge in [-0.3, -0.25) is 4.57 Å². The first kappa shape index (κ1) is 24.1. The summed E-state index contributed by atoms with van der Waals surface area (Å²) < 4.78 is 8.67. The van der Waals surface area contributed by atoms with Crippen LogP contribution in [0.1, 0.15) is 0 Å². The zero-order valence-electron chi connectivity index (χ0n) is 24.5. The van der Waals surface area contributed by atoms with E-state index in [9.17, 15) is 0 Å². The van der Waals surface area contributed by atoms with E-state index < -0.39 is 0 Å². The fourth-order valence-electron chi connectivity index (χ4n) is 7.85. The van der Waals surface area contributed by atoms with Gasteiger partial charge in [0.05, 0.1) is 22.6 Å². The van der Waals surface area contributed by atoms with Gasteiger partial charge in [-0.25, -0.2) is 4.98 Å². The molecule has 3 heterocycles. The molecule has 4 nitrogen and oxygen atoms in total. The highest BCUT2D eigenvalue weighted by Gasteiger charge is 2.26. The van der Waals surface area contributed by atoms with Crippen LogP contribution in [0.4, 0.5) is 0 Å². The highest BCUT2D eigenvalue weighted by molar-refractivity contribution is 6.27. The van der Waals surface area contributed by atoms with E-state index in [1.807, 2.05) is 12.3 Å². The number of benzene rings is 7. The number of hydrogen-bond donors (Lipinski definition) is 0. The van der Waals surface area contributed by atoms with Crippen molar-refractivity contribution < 1.29 is 4.42 Å². The van der Waals surface area contributed by atoms with Crippen LogP contribution in [0.3, 0.4) is 0 Å². The lowest BCUT2D eigenvalue weighted by atomic mass is 9.92. The molecule has 0 saturated carbocycles. The fraction of sp³-hybridized carbons (Fsp3) is 0. The zero-order chi connectivity index (χ0) is 29.9. The summed E-state index contributed by atoms with van der Waals surface area (Å²) in [6.45, 7) is 0. The van der Waals surface area contributed by atoms with Crippen molar-refractivity contribution in [1.29, 1.82) is 0 Å². The lowest BCUT2D eigenvalue weighted by Crippen LogP contribution is -1.99. The third-order valence-electron chi connectivity index (χ3n) is 9.78. The minimum Gasteiger partial charge on any atom is -0.436 e. The molecule has 3 aromatic heterocycles. The Bertz CT molecular complexity index is 2910. The van der Waals surface area contributed by atoms with E-state index in [0.717, 1.165) is 49.7 Å². The van der Waals surface area contributed by atoms with Crippen LogP contribution in [-0.2, 0) is 0 Å². The van der Waals surface area contributed by atoms with E-state index in [1.54, 1.807) is 0 Å². The van der Waals surface area contributed by atoms with Gasteiger partial charge in [-0.1, -0.05) is 109 Å². The molecule has 0 amide bonds. The van der Waals surface area contributed by atoms with Crippen LogP contribution >= 0.6 is 0 Å². The minimum atomic E-state index is 0.539. The van der Waals surface area contributed by atoms with Gasteiger partial charge in [0.1, 0.15) is 11.1 Å². The van der Waals surface area contributed by atoms with Gasteiger partial charge in [0.15, 0.2) is 5.82 Å². The van der Waals surface area contributed by atoms with Gasteiger partial charge in [0, 0.05) is 10.8 Å². The topological polar surface area (TPSA) is 43.9 Å². The normalized spacial score (nSPS) is 12.3. The van der Waals surface area contributed by atoms with Crippen LogP contribution in [0.2, 0.25) is 0 Å². The van der Waals surface area contributed by atoms with Crippen molar-refractivity contribution in [3.05, 3.63) is 140 Å². The molecule has 0 unspecified atom stereocenters. The molecule has 0 aliphatic heterocycles. The second-order valence-corrected chi connectivity index (χ2v) is 12.2. The van der Waals surface area contributed by atoms with E-state index in [1.165, 1.54) is 49.4 Å². The first-order chi connectivity index (χ1) is 22.8. The molecule has 212 valence electrons. The van der Waals surface area contributed by atoms with E-state index in [2.05, 4.69) is 132 Å². The Hall–Kier alpha value is -6.26. The summed E-state index contributed by atoms with van der Waals surface area (Å²) in [7, 11) is 0. The fourth-order valence-corrected chi connectivity index (χ4v) is 7.85. The van der Waals surface area contributed by atoms with Gasteiger partial charge < -0.3 is 4.42 Å². The largest absolute Gasteiger partial charge is 0.436 e. The predicted molar refractivity (Wildman–Crippen MR) is 189 cm³/mol. The Labute approximate surface area is 262 Å². The molecule has 0 saturated heterocycles. The summed E-state index contributed by atoms with van der Waals surface area (Å²) in [5.74, 6) is 0.733. The maximum atomic E-state index is 6.39. The lowest BCUT2D eigenvalue weighted by Gasteiger charge is -2.14. The third kappa shape index (κ3) is 3.07. The van der Waals surface area contributed by atoms with Crippen molar-refractivity contribution in [3.8, 4) is 39.2 Å². The molecule has 0 N–H and O–H groups in total. The smallest absolute Gasteiger partial charge is 0.248 e. The standard InChI is InChI=1S/C42H23N3O/c1-2-9-24(10-3-1)27-21-32-31-16-7-13-26-12-6-15-29(37(26)31)30-17-8-18-33-38(30)39(32)34(22-27)45(33)36-23-43-41-40-28-14-5-4-11-25(28)19-20-35(40)46-42(41)44-36/h1-23H. The molecular weight excluding hydrogens is 562 g/mol.